The van der Waals surface area contributed by atoms with Crippen LogP contribution in [0.15, 0.2) is 12.2 Å². The molecule has 1 heterocycles. The average molecular weight is 127 g/mol. The van der Waals surface area contributed by atoms with Gasteiger partial charge in [-0.2, -0.15) is 0 Å². The lowest BCUT2D eigenvalue weighted by Crippen LogP contribution is -2.26. The zero-order chi connectivity index (χ0) is 6.69. The van der Waals surface area contributed by atoms with Crippen molar-refractivity contribution in [3.05, 3.63) is 12.2 Å². The number of rotatable bonds is 1. The van der Waals surface area contributed by atoms with Crippen molar-refractivity contribution in [2.75, 3.05) is 6.54 Å². The van der Waals surface area contributed by atoms with Crippen LogP contribution in [-0.4, -0.2) is 18.6 Å². The van der Waals surface area contributed by atoms with Gasteiger partial charge in [0.25, 0.3) is 0 Å². The highest BCUT2D eigenvalue weighted by Crippen LogP contribution is 2.03. The van der Waals surface area contributed by atoms with Crippen LogP contribution in [-0.2, 0) is 9.53 Å². The number of hydrogen-bond donors (Lipinski definition) is 1. The first-order valence-corrected chi connectivity index (χ1v) is 2.89. The molecule has 0 radical (unpaired) electrons. The Bertz CT molecular complexity index is 142. The number of carbonyl (C=O) groups excluding carboxylic acids is 1. The Morgan fingerprint density at radius 1 is 1.89 bits per heavy atom. The van der Waals surface area contributed by atoms with Crippen LogP contribution in [0.4, 0.5) is 0 Å². The summed E-state index contributed by atoms with van der Waals surface area (Å²) in [6.45, 7) is 0.377. The van der Waals surface area contributed by atoms with Crippen LogP contribution in [0.3, 0.4) is 0 Å². The molecule has 0 saturated heterocycles. The number of cyclic esters (lactones) is 1. The normalized spacial score (nSPS) is 25.9. The van der Waals surface area contributed by atoms with Gasteiger partial charge in [0, 0.05) is 6.54 Å². The third kappa shape index (κ3) is 1.54. The van der Waals surface area contributed by atoms with E-state index in [1.54, 1.807) is 12.2 Å². The molecule has 1 atom stereocenters. The summed E-state index contributed by atoms with van der Waals surface area (Å²) in [6, 6.07) is 0. The molecule has 2 N–H and O–H groups in total. The summed E-state index contributed by atoms with van der Waals surface area (Å²) in [6.07, 6.45) is 3.78. The molecule has 9 heavy (non-hydrogen) atoms. The van der Waals surface area contributed by atoms with Crippen molar-refractivity contribution in [1.82, 2.24) is 0 Å². The monoisotopic (exact) mass is 127 g/mol. The van der Waals surface area contributed by atoms with Crippen molar-refractivity contribution < 1.29 is 9.53 Å². The number of hydrogen-bond acceptors (Lipinski definition) is 3. The fourth-order valence-corrected chi connectivity index (χ4v) is 0.699. The van der Waals surface area contributed by atoms with Gasteiger partial charge in [0.1, 0.15) is 6.10 Å². The van der Waals surface area contributed by atoms with Crippen molar-refractivity contribution in [1.29, 1.82) is 0 Å². The van der Waals surface area contributed by atoms with Crippen LogP contribution in [0.2, 0.25) is 0 Å². The first kappa shape index (κ1) is 6.29. The van der Waals surface area contributed by atoms with Gasteiger partial charge >= 0.3 is 5.97 Å². The minimum Gasteiger partial charge on any atom is -0.457 e. The first-order valence-electron chi connectivity index (χ1n) is 2.89. The molecule has 0 aromatic heterocycles. The van der Waals surface area contributed by atoms with Crippen molar-refractivity contribution in [2.24, 2.45) is 5.73 Å². The summed E-state index contributed by atoms with van der Waals surface area (Å²) < 4.78 is 4.78. The molecular weight excluding hydrogens is 118 g/mol. The minimum atomic E-state index is -0.189. The molecule has 1 aliphatic rings. The predicted molar refractivity (Wildman–Crippen MR) is 32.7 cm³/mol. The molecule has 0 saturated carbocycles. The predicted octanol–water partition coefficient (Wildman–Crippen LogP) is -0.183. The maximum absolute atomic E-state index is 10.5. The number of ether oxygens (including phenoxy) is 1. The van der Waals surface area contributed by atoms with Crippen LogP contribution in [0, 0.1) is 0 Å². The summed E-state index contributed by atoms with van der Waals surface area (Å²) in [7, 11) is 0. The number of nitrogens with two attached hydrogens (primary N) is 1. The summed E-state index contributed by atoms with van der Waals surface area (Å²) in [4.78, 5) is 10.5. The quantitative estimate of drug-likeness (QED) is 0.392. The maximum atomic E-state index is 10.5. The Kier molecular flexibility index (Phi) is 1.85. The van der Waals surface area contributed by atoms with E-state index in [4.69, 9.17) is 10.5 Å². The van der Waals surface area contributed by atoms with Gasteiger partial charge in [-0.25, -0.2) is 0 Å². The SMILES string of the molecule is NC[C@H]1C=CCC(=O)O1. The van der Waals surface area contributed by atoms with E-state index >= 15 is 0 Å². The van der Waals surface area contributed by atoms with Gasteiger partial charge in [-0.15, -0.1) is 0 Å². The largest absolute Gasteiger partial charge is 0.457 e. The van der Waals surface area contributed by atoms with Crippen molar-refractivity contribution in [2.45, 2.75) is 12.5 Å². The molecule has 0 unspecified atom stereocenters. The molecule has 50 valence electrons. The lowest BCUT2D eigenvalue weighted by Gasteiger charge is -2.14. The molecule has 0 aromatic rings. The molecule has 0 aromatic carbocycles. The molecule has 3 heteroatoms. The van der Waals surface area contributed by atoms with Gasteiger partial charge in [-0.05, 0) is 6.08 Å². The van der Waals surface area contributed by atoms with Crippen molar-refractivity contribution in [3.8, 4) is 0 Å². The molecule has 0 spiro atoms. The summed E-state index contributed by atoms with van der Waals surface area (Å²) in [5, 5.41) is 0. The number of carbonyl (C=O) groups is 1. The molecule has 1 aliphatic heterocycles. The Morgan fingerprint density at radius 3 is 3.11 bits per heavy atom. The molecule has 0 amide bonds. The highest BCUT2D eigenvalue weighted by atomic mass is 16.5. The van der Waals surface area contributed by atoms with Gasteiger partial charge < -0.3 is 10.5 Å². The summed E-state index contributed by atoms with van der Waals surface area (Å²) in [5.74, 6) is -0.187. The smallest absolute Gasteiger partial charge is 0.310 e. The van der Waals surface area contributed by atoms with Gasteiger partial charge in [-0.3, -0.25) is 4.79 Å². The highest BCUT2D eigenvalue weighted by molar-refractivity contribution is 5.72. The minimum absolute atomic E-state index is 0.187. The second-order valence-corrected chi connectivity index (χ2v) is 1.90. The lowest BCUT2D eigenvalue weighted by atomic mass is 10.2. The summed E-state index contributed by atoms with van der Waals surface area (Å²) in [5.41, 5.74) is 5.24. The van der Waals surface area contributed by atoms with E-state index in [2.05, 4.69) is 0 Å². The molecule has 3 nitrogen and oxygen atoms in total. The lowest BCUT2D eigenvalue weighted by molar-refractivity contribution is -0.146. The highest BCUT2D eigenvalue weighted by Gasteiger charge is 2.12. The van der Waals surface area contributed by atoms with Crippen LogP contribution in [0.5, 0.6) is 0 Å². The van der Waals surface area contributed by atoms with Gasteiger partial charge in [0.05, 0.1) is 6.42 Å². The standard InChI is InChI=1S/C6H9NO2/c7-4-5-2-1-3-6(8)9-5/h1-2,5H,3-4,7H2/t5-/m1/s1. The fourth-order valence-electron chi connectivity index (χ4n) is 0.699. The van der Waals surface area contributed by atoms with Crippen LogP contribution < -0.4 is 5.73 Å². The Labute approximate surface area is 53.5 Å². The Balaban J connectivity index is 2.49. The van der Waals surface area contributed by atoms with E-state index in [1.807, 2.05) is 0 Å². The zero-order valence-corrected chi connectivity index (χ0v) is 5.04. The molecule has 1 rings (SSSR count). The van der Waals surface area contributed by atoms with E-state index in [0.717, 1.165) is 0 Å². The second kappa shape index (κ2) is 2.64. The Hall–Kier alpha value is -0.830. The van der Waals surface area contributed by atoms with Gasteiger partial charge in [-0.1, -0.05) is 6.08 Å². The fraction of sp³-hybridized carbons (Fsp3) is 0.500. The van der Waals surface area contributed by atoms with Crippen LogP contribution in [0.1, 0.15) is 6.42 Å². The Morgan fingerprint density at radius 2 is 2.67 bits per heavy atom. The van der Waals surface area contributed by atoms with E-state index in [9.17, 15) is 4.79 Å². The third-order valence-electron chi connectivity index (χ3n) is 1.15. The van der Waals surface area contributed by atoms with Crippen LogP contribution in [0.25, 0.3) is 0 Å². The zero-order valence-electron chi connectivity index (χ0n) is 5.04. The second-order valence-electron chi connectivity index (χ2n) is 1.90. The van der Waals surface area contributed by atoms with Gasteiger partial charge in [0.15, 0.2) is 0 Å². The van der Waals surface area contributed by atoms with Gasteiger partial charge in [0.2, 0.25) is 0 Å². The molecule has 0 fully saturated rings. The summed E-state index contributed by atoms with van der Waals surface area (Å²) >= 11 is 0. The third-order valence-corrected chi connectivity index (χ3v) is 1.15. The first-order chi connectivity index (χ1) is 4.33. The van der Waals surface area contributed by atoms with E-state index in [1.165, 1.54) is 0 Å². The van der Waals surface area contributed by atoms with E-state index in [0.29, 0.717) is 13.0 Å². The van der Waals surface area contributed by atoms with Crippen LogP contribution >= 0.6 is 0 Å². The maximum Gasteiger partial charge on any atom is 0.310 e. The van der Waals surface area contributed by atoms with E-state index < -0.39 is 0 Å². The molecule has 0 bridgehead atoms. The molecular formula is C6H9NO2. The van der Waals surface area contributed by atoms with E-state index in [-0.39, 0.29) is 12.1 Å². The van der Waals surface area contributed by atoms with Crippen molar-refractivity contribution in [3.63, 3.8) is 0 Å². The number of esters is 1. The average Bonchev–Trinajstić information content (AvgIpc) is 1.88. The van der Waals surface area contributed by atoms with Crippen molar-refractivity contribution >= 4 is 5.97 Å². The topological polar surface area (TPSA) is 52.3 Å². The molecule has 0 aliphatic carbocycles.